The second-order valence-corrected chi connectivity index (χ2v) is 5.47. The van der Waals surface area contributed by atoms with Crippen LogP contribution in [0.2, 0.25) is 0 Å². The lowest BCUT2D eigenvalue weighted by Gasteiger charge is -2.21. The van der Waals surface area contributed by atoms with Crippen LogP contribution in [0.5, 0.6) is 0 Å². The second kappa shape index (κ2) is 3.57. The maximum Gasteiger partial charge on any atom is 0.0508 e. The molecule has 2 heteroatoms. The van der Waals surface area contributed by atoms with Crippen molar-refractivity contribution >= 4 is 0 Å². The number of hydrogen-bond acceptors (Lipinski definition) is 2. The Balaban J connectivity index is 2.40. The summed E-state index contributed by atoms with van der Waals surface area (Å²) in [5, 5.41) is 9.52. The monoisotopic (exact) mass is 219 g/mol. The Hall–Kier alpha value is -0.860. The van der Waals surface area contributed by atoms with Crippen molar-refractivity contribution in [3.8, 4) is 0 Å². The zero-order valence-electron chi connectivity index (χ0n) is 10.4. The first-order valence-electron chi connectivity index (χ1n) is 5.88. The van der Waals surface area contributed by atoms with Crippen molar-refractivity contribution in [2.75, 3.05) is 13.2 Å². The number of nitrogens with two attached hydrogens (primary N) is 1. The lowest BCUT2D eigenvalue weighted by Crippen LogP contribution is -2.28. The van der Waals surface area contributed by atoms with Gasteiger partial charge in [0.25, 0.3) is 0 Å². The van der Waals surface area contributed by atoms with Gasteiger partial charge in [-0.05, 0) is 31.4 Å². The Morgan fingerprint density at radius 2 is 2.06 bits per heavy atom. The molecule has 2 unspecified atom stereocenters. The first-order chi connectivity index (χ1) is 7.49. The summed E-state index contributed by atoms with van der Waals surface area (Å²) < 4.78 is 0. The zero-order valence-corrected chi connectivity index (χ0v) is 10.4. The van der Waals surface area contributed by atoms with Crippen molar-refractivity contribution in [3.63, 3.8) is 0 Å². The van der Waals surface area contributed by atoms with Crippen LogP contribution in [0.25, 0.3) is 0 Å². The molecule has 2 rings (SSSR count). The van der Waals surface area contributed by atoms with Crippen LogP contribution in [-0.4, -0.2) is 18.3 Å². The van der Waals surface area contributed by atoms with Crippen LogP contribution in [0.15, 0.2) is 18.2 Å². The van der Waals surface area contributed by atoms with E-state index in [-0.39, 0.29) is 17.4 Å². The number of rotatable bonds is 3. The summed E-state index contributed by atoms with van der Waals surface area (Å²) in [4.78, 5) is 0. The highest BCUT2D eigenvalue weighted by atomic mass is 16.3. The Morgan fingerprint density at radius 1 is 1.38 bits per heavy atom. The minimum absolute atomic E-state index is 0.0638. The van der Waals surface area contributed by atoms with Crippen LogP contribution in [-0.2, 0) is 5.41 Å². The van der Waals surface area contributed by atoms with Crippen LogP contribution in [0.3, 0.4) is 0 Å². The first-order valence-corrected chi connectivity index (χ1v) is 5.88. The van der Waals surface area contributed by atoms with Crippen molar-refractivity contribution < 1.29 is 5.11 Å². The molecule has 16 heavy (non-hydrogen) atoms. The molecule has 1 aliphatic rings. The molecule has 88 valence electrons. The highest BCUT2D eigenvalue weighted by Crippen LogP contribution is 2.64. The molecule has 0 amide bonds. The molecule has 1 aromatic rings. The molecular formula is C14H21NO. The summed E-state index contributed by atoms with van der Waals surface area (Å²) in [6.45, 7) is 7.22. The lowest BCUT2D eigenvalue weighted by molar-refractivity contribution is 0.198. The van der Waals surface area contributed by atoms with Gasteiger partial charge in [-0.3, -0.25) is 0 Å². The molecule has 3 N–H and O–H groups in total. The van der Waals surface area contributed by atoms with E-state index in [1.54, 1.807) is 0 Å². The Labute approximate surface area is 97.5 Å². The normalized spacial score (nSPS) is 32.8. The van der Waals surface area contributed by atoms with Gasteiger partial charge in [0.2, 0.25) is 0 Å². The highest BCUT2D eigenvalue weighted by Gasteiger charge is 2.64. The van der Waals surface area contributed by atoms with Crippen molar-refractivity contribution in [1.82, 2.24) is 0 Å². The van der Waals surface area contributed by atoms with Gasteiger partial charge in [-0.1, -0.05) is 30.7 Å². The van der Waals surface area contributed by atoms with Gasteiger partial charge in [0.05, 0.1) is 6.61 Å². The fraction of sp³-hybridized carbons (Fsp3) is 0.571. The van der Waals surface area contributed by atoms with Gasteiger partial charge in [-0.15, -0.1) is 0 Å². The van der Waals surface area contributed by atoms with E-state index in [1.165, 1.54) is 16.7 Å². The molecule has 1 aliphatic carbocycles. The van der Waals surface area contributed by atoms with Crippen LogP contribution in [0, 0.1) is 19.3 Å². The summed E-state index contributed by atoms with van der Waals surface area (Å²) in [6, 6.07) is 6.54. The number of benzene rings is 1. The van der Waals surface area contributed by atoms with Crippen molar-refractivity contribution in [2.24, 2.45) is 11.1 Å². The minimum Gasteiger partial charge on any atom is -0.396 e. The number of hydrogen-bond donors (Lipinski definition) is 2. The number of aliphatic hydroxyl groups is 1. The smallest absolute Gasteiger partial charge is 0.0508 e. The zero-order chi connectivity index (χ0) is 12.0. The van der Waals surface area contributed by atoms with Gasteiger partial charge in [0.15, 0.2) is 0 Å². The van der Waals surface area contributed by atoms with E-state index in [0.29, 0.717) is 6.54 Å². The van der Waals surface area contributed by atoms with Crippen LogP contribution < -0.4 is 5.73 Å². The van der Waals surface area contributed by atoms with E-state index in [0.717, 1.165) is 6.42 Å². The molecule has 2 atom stereocenters. The number of aliphatic hydroxyl groups excluding tert-OH is 1. The van der Waals surface area contributed by atoms with Gasteiger partial charge in [-0.25, -0.2) is 0 Å². The van der Waals surface area contributed by atoms with Crippen molar-refractivity contribution in [3.05, 3.63) is 34.9 Å². The van der Waals surface area contributed by atoms with Crippen LogP contribution in [0.4, 0.5) is 0 Å². The SMILES string of the molecule is Cc1ccc(C2(C)CC2(CN)CO)c(C)c1. The average molecular weight is 219 g/mol. The third kappa shape index (κ3) is 1.40. The fourth-order valence-electron chi connectivity index (χ4n) is 3.04. The molecule has 0 heterocycles. The topological polar surface area (TPSA) is 46.2 Å². The maximum absolute atomic E-state index is 9.52. The van der Waals surface area contributed by atoms with Gasteiger partial charge in [0, 0.05) is 17.4 Å². The molecule has 1 fully saturated rings. The Bertz CT molecular complexity index is 409. The maximum atomic E-state index is 9.52. The third-order valence-corrected chi connectivity index (χ3v) is 4.41. The van der Waals surface area contributed by atoms with Gasteiger partial charge in [-0.2, -0.15) is 0 Å². The molecule has 0 bridgehead atoms. The van der Waals surface area contributed by atoms with Gasteiger partial charge < -0.3 is 10.8 Å². The average Bonchev–Trinajstić information content (AvgIpc) is 2.85. The van der Waals surface area contributed by atoms with Crippen molar-refractivity contribution in [1.29, 1.82) is 0 Å². The molecule has 1 aromatic carbocycles. The van der Waals surface area contributed by atoms with E-state index < -0.39 is 0 Å². The summed E-state index contributed by atoms with van der Waals surface area (Å²) in [5.41, 5.74) is 9.73. The van der Waals surface area contributed by atoms with E-state index in [1.807, 2.05) is 0 Å². The van der Waals surface area contributed by atoms with E-state index >= 15 is 0 Å². The van der Waals surface area contributed by atoms with E-state index in [4.69, 9.17) is 5.73 Å². The summed E-state index contributed by atoms with van der Waals surface area (Å²) >= 11 is 0. The number of aryl methyl sites for hydroxylation is 2. The molecule has 0 spiro atoms. The van der Waals surface area contributed by atoms with Crippen LogP contribution >= 0.6 is 0 Å². The van der Waals surface area contributed by atoms with Gasteiger partial charge in [0.1, 0.15) is 0 Å². The van der Waals surface area contributed by atoms with Crippen molar-refractivity contribution in [2.45, 2.75) is 32.6 Å². The summed E-state index contributed by atoms with van der Waals surface area (Å²) in [6.07, 6.45) is 0.997. The van der Waals surface area contributed by atoms with E-state index in [2.05, 4.69) is 39.0 Å². The molecule has 0 radical (unpaired) electrons. The Morgan fingerprint density at radius 3 is 2.50 bits per heavy atom. The fourth-order valence-corrected chi connectivity index (χ4v) is 3.04. The summed E-state index contributed by atoms with van der Waals surface area (Å²) in [7, 11) is 0. The third-order valence-electron chi connectivity index (χ3n) is 4.41. The molecule has 2 nitrogen and oxygen atoms in total. The van der Waals surface area contributed by atoms with E-state index in [9.17, 15) is 5.11 Å². The quantitative estimate of drug-likeness (QED) is 0.815. The second-order valence-electron chi connectivity index (χ2n) is 5.47. The standard InChI is InChI=1S/C14H21NO/c1-10-4-5-12(11(2)6-10)13(3)7-14(13,8-15)9-16/h4-6,16H,7-9,15H2,1-3H3. The molecular weight excluding hydrogens is 198 g/mol. The molecule has 1 saturated carbocycles. The Kier molecular flexibility index (Phi) is 2.59. The molecule has 0 aromatic heterocycles. The first kappa shape index (κ1) is 11.6. The largest absolute Gasteiger partial charge is 0.396 e. The van der Waals surface area contributed by atoms with Gasteiger partial charge >= 0.3 is 0 Å². The molecule has 0 aliphatic heterocycles. The highest BCUT2D eigenvalue weighted by molar-refractivity contribution is 5.44. The lowest BCUT2D eigenvalue weighted by atomic mass is 9.85. The summed E-state index contributed by atoms with van der Waals surface area (Å²) in [5.74, 6) is 0. The molecule has 0 saturated heterocycles. The predicted octanol–water partition coefficient (Wildman–Crippen LogP) is 1.90. The minimum atomic E-state index is -0.0903. The van der Waals surface area contributed by atoms with Crippen LogP contribution in [0.1, 0.15) is 30.0 Å². The predicted molar refractivity (Wildman–Crippen MR) is 66.5 cm³/mol.